The molecule has 106 valence electrons. The van der Waals surface area contributed by atoms with Crippen LogP contribution in [0.2, 0.25) is 0 Å². The van der Waals surface area contributed by atoms with E-state index in [9.17, 15) is 10.1 Å². The zero-order valence-electron chi connectivity index (χ0n) is 11.2. The molecule has 0 saturated carbocycles. The van der Waals surface area contributed by atoms with E-state index in [1.165, 1.54) is 12.1 Å². The summed E-state index contributed by atoms with van der Waals surface area (Å²) >= 11 is 0. The molecule has 1 aliphatic rings. The standard InChI is InChI=1S/C13H16N4O3/c1-16(10-3-2-6-14-8-10)13-15-11-7-9(17(18)19)4-5-12(11)20-13/h4-5,7,10,14H,2-3,6,8H2,1H3. The van der Waals surface area contributed by atoms with Crippen molar-refractivity contribution in [3.63, 3.8) is 0 Å². The Morgan fingerprint density at radius 2 is 2.40 bits per heavy atom. The minimum atomic E-state index is -0.428. The van der Waals surface area contributed by atoms with Crippen molar-refractivity contribution in [3.8, 4) is 0 Å². The van der Waals surface area contributed by atoms with Gasteiger partial charge in [0.25, 0.3) is 11.7 Å². The number of rotatable bonds is 3. The quantitative estimate of drug-likeness (QED) is 0.681. The summed E-state index contributed by atoms with van der Waals surface area (Å²) in [4.78, 5) is 16.7. The van der Waals surface area contributed by atoms with Crippen molar-refractivity contribution in [2.75, 3.05) is 25.0 Å². The molecule has 2 heterocycles. The Labute approximate surface area is 115 Å². The first kappa shape index (κ1) is 12.9. The molecule has 2 aromatic rings. The number of hydrogen-bond donors (Lipinski definition) is 1. The van der Waals surface area contributed by atoms with Gasteiger partial charge in [0.05, 0.1) is 4.92 Å². The predicted molar refractivity (Wildman–Crippen MR) is 75.0 cm³/mol. The fourth-order valence-corrected chi connectivity index (χ4v) is 2.49. The summed E-state index contributed by atoms with van der Waals surface area (Å²) in [5.41, 5.74) is 1.12. The van der Waals surface area contributed by atoms with Gasteiger partial charge in [0.2, 0.25) is 0 Å². The number of likely N-dealkylation sites (N-methyl/N-ethyl adjacent to an activating group) is 1. The van der Waals surface area contributed by atoms with E-state index < -0.39 is 4.92 Å². The Bertz CT molecular complexity index is 634. The van der Waals surface area contributed by atoms with E-state index in [0.717, 1.165) is 25.9 Å². The molecule has 0 spiro atoms. The molecule has 0 aliphatic carbocycles. The Kier molecular flexibility index (Phi) is 3.27. The molecule has 1 aliphatic heterocycles. The van der Waals surface area contributed by atoms with Gasteiger partial charge in [0.1, 0.15) is 5.52 Å². The van der Waals surface area contributed by atoms with Crippen LogP contribution in [0, 0.1) is 10.1 Å². The first-order valence-electron chi connectivity index (χ1n) is 6.63. The van der Waals surface area contributed by atoms with Crippen LogP contribution in [0.15, 0.2) is 22.6 Å². The van der Waals surface area contributed by atoms with Gasteiger partial charge in [-0.1, -0.05) is 0 Å². The van der Waals surface area contributed by atoms with E-state index in [1.807, 2.05) is 11.9 Å². The van der Waals surface area contributed by atoms with Gasteiger partial charge in [-0.15, -0.1) is 0 Å². The number of piperidine rings is 1. The van der Waals surface area contributed by atoms with E-state index in [2.05, 4.69) is 10.3 Å². The van der Waals surface area contributed by atoms with Gasteiger partial charge in [-0.05, 0) is 25.5 Å². The lowest BCUT2D eigenvalue weighted by Crippen LogP contribution is -2.44. The molecule has 1 N–H and O–H groups in total. The highest BCUT2D eigenvalue weighted by Crippen LogP contribution is 2.26. The molecule has 0 radical (unpaired) electrons. The predicted octanol–water partition coefficient (Wildman–Crippen LogP) is 1.92. The van der Waals surface area contributed by atoms with Crippen molar-refractivity contribution >= 4 is 22.8 Å². The third kappa shape index (κ3) is 2.32. The van der Waals surface area contributed by atoms with Crippen LogP contribution >= 0.6 is 0 Å². The molecule has 1 aromatic heterocycles. The van der Waals surface area contributed by atoms with Crippen LogP contribution in [0.1, 0.15) is 12.8 Å². The molecule has 0 bridgehead atoms. The lowest BCUT2D eigenvalue weighted by atomic mass is 10.1. The van der Waals surface area contributed by atoms with E-state index in [1.54, 1.807) is 6.07 Å². The van der Waals surface area contributed by atoms with Crippen LogP contribution in [0.25, 0.3) is 11.1 Å². The number of nitrogens with one attached hydrogen (secondary N) is 1. The molecular weight excluding hydrogens is 260 g/mol. The normalized spacial score (nSPS) is 19.1. The van der Waals surface area contributed by atoms with Gasteiger partial charge < -0.3 is 14.6 Å². The molecule has 1 saturated heterocycles. The van der Waals surface area contributed by atoms with Crippen molar-refractivity contribution in [2.45, 2.75) is 18.9 Å². The van der Waals surface area contributed by atoms with Crippen molar-refractivity contribution in [1.82, 2.24) is 10.3 Å². The van der Waals surface area contributed by atoms with Crippen LogP contribution in [0.4, 0.5) is 11.7 Å². The molecule has 7 nitrogen and oxygen atoms in total. The second-order valence-electron chi connectivity index (χ2n) is 5.02. The number of fused-ring (bicyclic) bond motifs is 1. The van der Waals surface area contributed by atoms with Gasteiger partial charge in [-0.2, -0.15) is 4.98 Å². The highest BCUT2D eigenvalue weighted by atomic mass is 16.6. The second-order valence-corrected chi connectivity index (χ2v) is 5.02. The molecule has 20 heavy (non-hydrogen) atoms. The maximum absolute atomic E-state index is 10.8. The van der Waals surface area contributed by atoms with E-state index in [0.29, 0.717) is 23.2 Å². The second kappa shape index (κ2) is 5.09. The van der Waals surface area contributed by atoms with E-state index in [4.69, 9.17) is 4.42 Å². The van der Waals surface area contributed by atoms with Crippen molar-refractivity contribution in [3.05, 3.63) is 28.3 Å². The Hall–Kier alpha value is -2.15. The largest absolute Gasteiger partial charge is 0.423 e. The summed E-state index contributed by atoms with van der Waals surface area (Å²) in [5, 5.41) is 14.1. The SMILES string of the molecule is CN(c1nc2cc([N+](=O)[O-])ccc2o1)C1CCCNC1. The minimum absolute atomic E-state index is 0.0272. The van der Waals surface area contributed by atoms with Crippen LogP contribution in [0.5, 0.6) is 0 Å². The molecule has 1 unspecified atom stereocenters. The number of oxazole rings is 1. The number of nitrogens with zero attached hydrogens (tertiary/aromatic N) is 3. The fourth-order valence-electron chi connectivity index (χ4n) is 2.49. The summed E-state index contributed by atoms with van der Waals surface area (Å²) < 4.78 is 5.68. The molecule has 0 amide bonds. The Balaban J connectivity index is 1.89. The zero-order chi connectivity index (χ0) is 14.1. The van der Waals surface area contributed by atoms with Crippen molar-refractivity contribution in [1.29, 1.82) is 0 Å². The van der Waals surface area contributed by atoms with Crippen LogP contribution in [0.3, 0.4) is 0 Å². The molecular formula is C13H16N4O3. The number of anilines is 1. The average molecular weight is 276 g/mol. The minimum Gasteiger partial charge on any atom is -0.423 e. The van der Waals surface area contributed by atoms with Crippen LogP contribution < -0.4 is 10.2 Å². The van der Waals surface area contributed by atoms with E-state index >= 15 is 0 Å². The molecule has 7 heteroatoms. The molecule has 1 atom stereocenters. The van der Waals surface area contributed by atoms with Crippen LogP contribution in [-0.2, 0) is 0 Å². The first-order chi connectivity index (χ1) is 9.65. The van der Waals surface area contributed by atoms with Crippen molar-refractivity contribution < 1.29 is 9.34 Å². The van der Waals surface area contributed by atoms with Gasteiger partial charge in [0, 0.05) is 31.8 Å². The van der Waals surface area contributed by atoms with Gasteiger partial charge in [0.15, 0.2) is 5.58 Å². The number of hydrogen-bond acceptors (Lipinski definition) is 6. The summed E-state index contributed by atoms with van der Waals surface area (Å²) in [6.45, 7) is 1.94. The lowest BCUT2D eigenvalue weighted by molar-refractivity contribution is -0.384. The number of aromatic nitrogens is 1. The molecule has 1 fully saturated rings. The number of nitro benzene ring substituents is 1. The van der Waals surface area contributed by atoms with Crippen LogP contribution in [-0.4, -0.2) is 36.1 Å². The highest BCUT2D eigenvalue weighted by Gasteiger charge is 2.22. The first-order valence-corrected chi connectivity index (χ1v) is 6.63. The maximum atomic E-state index is 10.8. The Morgan fingerprint density at radius 1 is 1.55 bits per heavy atom. The van der Waals surface area contributed by atoms with Gasteiger partial charge in [-0.25, -0.2) is 0 Å². The molecule has 1 aromatic carbocycles. The van der Waals surface area contributed by atoms with E-state index in [-0.39, 0.29) is 5.69 Å². The summed E-state index contributed by atoms with van der Waals surface area (Å²) in [7, 11) is 1.94. The molecule has 3 rings (SSSR count). The summed E-state index contributed by atoms with van der Waals surface area (Å²) in [6.07, 6.45) is 2.21. The maximum Gasteiger partial charge on any atom is 0.298 e. The number of nitro groups is 1. The lowest BCUT2D eigenvalue weighted by Gasteiger charge is -2.30. The summed E-state index contributed by atoms with van der Waals surface area (Å²) in [5.74, 6) is 0. The third-order valence-corrected chi connectivity index (χ3v) is 3.69. The third-order valence-electron chi connectivity index (χ3n) is 3.69. The topological polar surface area (TPSA) is 84.4 Å². The Morgan fingerprint density at radius 3 is 3.10 bits per heavy atom. The smallest absolute Gasteiger partial charge is 0.298 e. The number of non-ortho nitro benzene ring substituents is 1. The average Bonchev–Trinajstić information content (AvgIpc) is 2.90. The van der Waals surface area contributed by atoms with Gasteiger partial charge in [-0.3, -0.25) is 10.1 Å². The highest BCUT2D eigenvalue weighted by molar-refractivity contribution is 5.77. The fraction of sp³-hybridized carbons (Fsp3) is 0.462. The van der Waals surface area contributed by atoms with Crippen molar-refractivity contribution in [2.24, 2.45) is 0 Å². The summed E-state index contributed by atoms with van der Waals surface area (Å²) in [6, 6.07) is 5.31. The monoisotopic (exact) mass is 276 g/mol. The number of benzene rings is 1. The zero-order valence-corrected chi connectivity index (χ0v) is 11.2. The van der Waals surface area contributed by atoms with Gasteiger partial charge >= 0.3 is 0 Å².